The summed E-state index contributed by atoms with van der Waals surface area (Å²) in [5.41, 5.74) is 3.32. The molecule has 22 heavy (non-hydrogen) atoms. The quantitative estimate of drug-likeness (QED) is 0.864. The Morgan fingerprint density at radius 1 is 1.27 bits per heavy atom. The molecule has 0 bridgehead atoms. The second-order valence-electron chi connectivity index (χ2n) is 6.14. The highest BCUT2D eigenvalue weighted by Crippen LogP contribution is 2.34. The van der Waals surface area contributed by atoms with Crippen molar-refractivity contribution < 1.29 is 8.78 Å². The van der Waals surface area contributed by atoms with Crippen LogP contribution in [0, 0.1) is 5.92 Å². The highest BCUT2D eigenvalue weighted by molar-refractivity contribution is 5.63. The summed E-state index contributed by atoms with van der Waals surface area (Å²) in [5, 5.41) is 4.22. The summed E-state index contributed by atoms with van der Waals surface area (Å²) in [5.74, 6) is -3.12. The Kier molecular flexibility index (Phi) is 4.00. The van der Waals surface area contributed by atoms with Gasteiger partial charge in [0.2, 0.25) is 0 Å². The number of halogens is 2. The van der Waals surface area contributed by atoms with Crippen LogP contribution in [-0.4, -0.2) is 33.7 Å². The van der Waals surface area contributed by atoms with Crippen LogP contribution in [0.15, 0.2) is 36.5 Å². The van der Waals surface area contributed by atoms with Gasteiger partial charge in [-0.3, -0.25) is 9.58 Å². The van der Waals surface area contributed by atoms with Crippen LogP contribution in [0.3, 0.4) is 0 Å². The van der Waals surface area contributed by atoms with E-state index in [-0.39, 0.29) is 6.42 Å². The van der Waals surface area contributed by atoms with Crippen LogP contribution in [0.2, 0.25) is 0 Å². The Bertz CT molecular complexity index is 651. The topological polar surface area (TPSA) is 21.1 Å². The standard InChI is InChI=1S/C17H21F2N3/c1-13-11-22(10-8-17(13,18)19)12-14-5-3-4-6-15(14)16-7-9-20-21(16)2/h3-7,9,13H,8,10-12H2,1-2H3. The lowest BCUT2D eigenvalue weighted by Gasteiger charge is -2.36. The van der Waals surface area contributed by atoms with Crippen molar-refractivity contribution in [1.29, 1.82) is 0 Å². The lowest BCUT2D eigenvalue weighted by Crippen LogP contribution is -2.45. The number of alkyl halides is 2. The van der Waals surface area contributed by atoms with Crippen LogP contribution in [0.4, 0.5) is 8.78 Å². The molecule has 1 fully saturated rings. The van der Waals surface area contributed by atoms with E-state index in [1.807, 2.05) is 29.9 Å². The van der Waals surface area contributed by atoms with Gasteiger partial charge in [0.15, 0.2) is 0 Å². The van der Waals surface area contributed by atoms with Gasteiger partial charge in [0.1, 0.15) is 0 Å². The maximum absolute atomic E-state index is 13.6. The normalized spacial score (nSPS) is 21.9. The van der Waals surface area contributed by atoms with Crippen LogP contribution in [0.25, 0.3) is 11.3 Å². The third-order valence-electron chi connectivity index (χ3n) is 4.52. The average Bonchev–Trinajstić information content (AvgIpc) is 2.90. The molecule has 2 aromatic rings. The maximum Gasteiger partial charge on any atom is 0.253 e. The number of aryl methyl sites for hydroxylation is 1. The van der Waals surface area contributed by atoms with Crippen molar-refractivity contribution in [1.82, 2.24) is 14.7 Å². The minimum absolute atomic E-state index is 0.0535. The fourth-order valence-electron chi connectivity index (χ4n) is 3.10. The van der Waals surface area contributed by atoms with Gasteiger partial charge >= 0.3 is 0 Å². The van der Waals surface area contributed by atoms with Gasteiger partial charge in [0, 0.05) is 50.8 Å². The molecule has 1 unspecified atom stereocenters. The molecule has 1 aliphatic rings. The van der Waals surface area contributed by atoms with Crippen molar-refractivity contribution in [2.75, 3.05) is 13.1 Å². The highest BCUT2D eigenvalue weighted by Gasteiger charge is 2.40. The molecule has 1 atom stereocenters. The molecular weight excluding hydrogens is 284 g/mol. The molecule has 0 aliphatic carbocycles. The highest BCUT2D eigenvalue weighted by atomic mass is 19.3. The van der Waals surface area contributed by atoms with Crippen molar-refractivity contribution in [3.8, 4) is 11.3 Å². The summed E-state index contributed by atoms with van der Waals surface area (Å²) in [7, 11) is 1.91. The van der Waals surface area contributed by atoms with E-state index in [2.05, 4.69) is 22.1 Å². The number of rotatable bonds is 3. The number of aromatic nitrogens is 2. The molecule has 1 aromatic carbocycles. The second-order valence-corrected chi connectivity index (χ2v) is 6.14. The molecule has 0 radical (unpaired) electrons. The Balaban J connectivity index is 1.81. The van der Waals surface area contributed by atoms with E-state index >= 15 is 0 Å². The van der Waals surface area contributed by atoms with Crippen molar-refractivity contribution >= 4 is 0 Å². The predicted octanol–water partition coefficient (Wildman–Crippen LogP) is 3.56. The van der Waals surface area contributed by atoms with Crippen molar-refractivity contribution in [2.24, 2.45) is 13.0 Å². The third kappa shape index (κ3) is 2.90. The van der Waals surface area contributed by atoms with Crippen molar-refractivity contribution in [3.05, 3.63) is 42.1 Å². The number of hydrogen-bond donors (Lipinski definition) is 0. The van der Waals surface area contributed by atoms with Gasteiger partial charge in [-0.05, 0) is 11.6 Å². The molecule has 5 heteroatoms. The van der Waals surface area contributed by atoms with E-state index < -0.39 is 11.8 Å². The molecule has 0 N–H and O–H groups in total. The molecule has 118 valence electrons. The minimum atomic E-state index is -2.53. The van der Waals surface area contributed by atoms with Crippen molar-refractivity contribution in [2.45, 2.75) is 25.8 Å². The smallest absolute Gasteiger partial charge is 0.253 e. The number of hydrogen-bond acceptors (Lipinski definition) is 2. The van der Waals surface area contributed by atoms with Gasteiger partial charge in [0.05, 0.1) is 5.69 Å². The van der Waals surface area contributed by atoms with Crippen LogP contribution < -0.4 is 0 Å². The van der Waals surface area contributed by atoms with Crippen LogP contribution in [0.5, 0.6) is 0 Å². The molecule has 1 aromatic heterocycles. The molecule has 0 spiro atoms. The minimum Gasteiger partial charge on any atom is -0.298 e. The fraction of sp³-hybridized carbons (Fsp3) is 0.471. The zero-order valence-electron chi connectivity index (χ0n) is 13.0. The summed E-state index contributed by atoms with van der Waals surface area (Å²) in [6.45, 7) is 3.21. The summed E-state index contributed by atoms with van der Waals surface area (Å²) < 4.78 is 29.1. The van der Waals surface area contributed by atoms with E-state index in [4.69, 9.17) is 0 Å². The molecule has 0 amide bonds. The lowest BCUT2D eigenvalue weighted by atomic mass is 9.94. The number of benzene rings is 1. The number of nitrogens with zero attached hydrogens (tertiary/aromatic N) is 3. The van der Waals surface area contributed by atoms with E-state index in [9.17, 15) is 8.78 Å². The monoisotopic (exact) mass is 305 g/mol. The third-order valence-corrected chi connectivity index (χ3v) is 4.52. The number of piperidine rings is 1. The van der Waals surface area contributed by atoms with Gasteiger partial charge in [-0.1, -0.05) is 31.2 Å². The molecule has 0 saturated carbocycles. The van der Waals surface area contributed by atoms with E-state index in [1.165, 1.54) is 0 Å². The van der Waals surface area contributed by atoms with Crippen LogP contribution in [-0.2, 0) is 13.6 Å². The Morgan fingerprint density at radius 3 is 2.73 bits per heavy atom. The first-order chi connectivity index (χ1) is 10.5. The Morgan fingerprint density at radius 2 is 2.05 bits per heavy atom. The van der Waals surface area contributed by atoms with E-state index in [0.29, 0.717) is 19.6 Å². The molecule has 3 nitrogen and oxygen atoms in total. The van der Waals surface area contributed by atoms with Gasteiger partial charge in [0.25, 0.3) is 5.92 Å². The first-order valence-electron chi connectivity index (χ1n) is 7.64. The molecule has 1 saturated heterocycles. The van der Waals surface area contributed by atoms with Gasteiger partial charge in [-0.15, -0.1) is 0 Å². The zero-order chi connectivity index (χ0) is 15.7. The first kappa shape index (κ1) is 15.2. The molecule has 2 heterocycles. The zero-order valence-corrected chi connectivity index (χ0v) is 13.0. The Labute approximate surface area is 129 Å². The second kappa shape index (κ2) is 5.80. The van der Waals surface area contributed by atoms with Gasteiger partial charge in [-0.2, -0.15) is 5.10 Å². The number of likely N-dealkylation sites (tertiary alicyclic amines) is 1. The van der Waals surface area contributed by atoms with Gasteiger partial charge in [-0.25, -0.2) is 8.78 Å². The summed E-state index contributed by atoms with van der Waals surface area (Å²) in [4.78, 5) is 2.12. The van der Waals surface area contributed by atoms with E-state index in [0.717, 1.165) is 16.8 Å². The summed E-state index contributed by atoms with van der Waals surface area (Å²) >= 11 is 0. The SMILES string of the molecule is CC1CN(Cc2ccccc2-c2ccnn2C)CCC1(F)F. The maximum atomic E-state index is 13.6. The lowest BCUT2D eigenvalue weighted by molar-refractivity contribution is -0.100. The largest absolute Gasteiger partial charge is 0.298 e. The first-order valence-corrected chi connectivity index (χ1v) is 7.64. The summed E-state index contributed by atoms with van der Waals surface area (Å²) in [6.07, 6.45) is 1.72. The predicted molar refractivity (Wildman–Crippen MR) is 82.6 cm³/mol. The van der Waals surface area contributed by atoms with Crippen LogP contribution >= 0.6 is 0 Å². The Hall–Kier alpha value is -1.75. The average molecular weight is 305 g/mol. The van der Waals surface area contributed by atoms with Crippen molar-refractivity contribution in [3.63, 3.8) is 0 Å². The fourth-order valence-corrected chi connectivity index (χ4v) is 3.10. The summed E-state index contributed by atoms with van der Waals surface area (Å²) in [6, 6.07) is 10.1. The van der Waals surface area contributed by atoms with E-state index in [1.54, 1.807) is 13.1 Å². The molecule has 1 aliphatic heterocycles. The van der Waals surface area contributed by atoms with Gasteiger partial charge < -0.3 is 0 Å². The molecular formula is C17H21F2N3. The molecule has 3 rings (SSSR count). The van der Waals surface area contributed by atoms with Crippen LogP contribution in [0.1, 0.15) is 18.9 Å².